The van der Waals surface area contributed by atoms with Crippen LogP contribution >= 0.6 is 0 Å². The first-order valence-corrected chi connectivity index (χ1v) is 6.09. The summed E-state index contributed by atoms with van der Waals surface area (Å²) in [6, 6.07) is 3.34. The Morgan fingerprint density at radius 1 is 1.39 bits per heavy atom. The second kappa shape index (κ2) is 4.49. The Morgan fingerprint density at radius 3 is 2.39 bits per heavy atom. The van der Waals surface area contributed by atoms with Crippen molar-refractivity contribution in [3.63, 3.8) is 0 Å². The van der Waals surface area contributed by atoms with E-state index in [1.165, 1.54) is 6.07 Å². The number of nitro groups is 1. The molecule has 1 aromatic rings. The van der Waals surface area contributed by atoms with Crippen LogP contribution in [0.5, 0.6) is 0 Å². The van der Waals surface area contributed by atoms with Crippen LogP contribution in [0.2, 0.25) is 0 Å². The fraction of sp³-hybridized carbons (Fsp3) is 0.250. The highest BCUT2D eigenvalue weighted by Gasteiger charge is 2.38. The van der Waals surface area contributed by atoms with Gasteiger partial charge in [-0.25, -0.2) is 13.6 Å². The second-order valence-corrected chi connectivity index (χ2v) is 5.16. The van der Waals surface area contributed by atoms with Gasteiger partial charge in [-0.3, -0.25) is 10.1 Å². The summed E-state index contributed by atoms with van der Waals surface area (Å²) in [7, 11) is -4.09. The summed E-state index contributed by atoms with van der Waals surface area (Å²) in [6.07, 6.45) is -0.803. The maximum atomic E-state index is 11.1. The molecule has 0 radical (unpaired) electrons. The van der Waals surface area contributed by atoms with Crippen LogP contribution < -0.4 is 10.9 Å². The largest absolute Gasteiger partial charge is 0.441 e. The minimum Gasteiger partial charge on any atom is -0.398 e. The predicted octanol–water partition coefficient (Wildman–Crippen LogP) is -1.63. The standard InChI is InChI=1S/C8H11N3O6S/c9-6-2-1-5(3-7(6)18(10,16)17)4-8(12,13)11(14)15/h1-3,12-13H,4,9H2,(H2,10,16,17). The lowest BCUT2D eigenvalue weighted by Crippen LogP contribution is -2.40. The fourth-order valence-electron chi connectivity index (χ4n) is 1.27. The molecule has 10 heteroatoms. The number of anilines is 1. The first kappa shape index (κ1) is 14.3. The van der Waals surface area contributed by atoms with E-state index >= 15 is 0 Å². The molecule has 0 aromatic heterocycles. The van der Waals surface area contributed by atoms with Crippen molar-refractivity contribution in [1.82, 2.24) is 0 Å². The van der Waals surface area contributed by atoms with Crippen LogP contribution in [0, 0.1) is 10.1 Å². The molecule has 0 atom stereocenters. The minimum atomic E-state index is -4.09. The number of benzene rings is 1. The van der Waals surface area contributed by atoms with Crippen LogP contribution in [0.1, 0.15) is 5.56 Å². The van der Waals surface area contributed by atoms with E-state index in [2.05, 4.69) is 0 Å². The first-order valence-electron chi connectivity index (χ1n) is 4.54. The minimum absolute atomic E-state index is 0.00470. The van der Waals surface area contributed by atoms with Gasteiger partial charge in [0, 0.05) is 0 Å². The van der Waals surface area contributed by atoms with E-state index in [0.717, 1.165) is 12.1 Å². The molecule has 100 valence electrons. The van der Waals surface area contributed by atoms with Crippen molar-refractivity contribution in [3.05, 3.63) is 33.9 Å². The van der Waals surface area contributed by atoms with Gasteiger partial charge < -0.3 is 15.9 Å². The molecule has 0 aliphatic carbocycles. The van der Waals surface area contributed by atoms with Gasteiger partial charge in [-0.2, -0.15) is 0 Å². The number of hydrogen-bond acceptors (Lipinski definition) is 7. The zero-order chi connectivity index (χ0) is 14.1. The number of rotatable bonds is 4. The first-order chi connectivity index (χ1) is 8.04. The van der Waals surface area contributed by atoms with Crippen molar-refractivity contribution < 1.29 is 23.6 Å². The molecule has 9 nitrogen and oxygen atoms in total. The topological polar surface area (TPSA) is 170 Å². The van der Waals surface area contributed by atoms with Crippen LogP contribution in [0.15, 0.2) is 23.1 Å². The summed E-state index contributed by atoms with van der Waals surface area (Å²) in [5, 5.41) is 33.3. The monoisotopic (exact) mass is 277 g/mol. The van der Waals surface area contributed by atoms with Crippen LogP contribution in [0.4, 0.5) is 5.69 Å². The fourth-order valence-corrected chi connectivity index (χ4v) is 1.99. The highest BCUT2D eigenvalue weighted by molar-refractivity contribution is 7.89. The van der Waals surface area contributed by atoms with E-state index in [1.807, 2.05) is 0 Å². The van der Waals surface area contributed by atoms with Gasteiger partial charge in [-0.1, -0.05) is 6.07 Å². The van der Waals surface area contributed by atoms with Crippen molar-refractivity contribution in [2.45, 2.75) is 17.2 Å². The number of hydrogen-bond donors (Lipinski definition) is 4. The molecule has 0 amide bonds. The van der Waals surface area contributed by atoms with Gasteiger partial charge in [-0.05, 0) is 17.7 Å². The smallest absolute Gasteiger partial charge is 0.398 e. The molecule has 0 spiro atoms. The molecule has 0 aliphatic rings. The van der Waals surface area contributed by atoms with Crippen LogP contribution in [0.25, 0.3) is 0 Å². The Balaban J connectivity index is 3.19. The molecule has 0 bridgehead atoms. The van der Waals surface area contributed by atoms with Gasteiger partial charge in [0.2, 0.25) is 10.0 Å². The number of primary sulfonamides is 1. The summed E-state index contributed by atoms with van der Waals surface area (Å²) in [5.74, 6) is -3.19. The predicted molar refractivity (Wildman–Crippen MR) is 60.1 cm³/mol. The zero-order valence-electron chi connectivity index (χ0n) is 8.98. The molecule has 0 fully saturated rings. The Kier molecular flexibility index (Phi) is 3.57. The van der Waals surface area contributed by atoms with E-state index < -0.39 is 32.2 Å². The lowest BCUT2D eigenvalue weighted by Gasteiger charge is -2.13. The van der Waals surface area contributed by atoms with E-state index in [4.69, 9.17) is 21.1 Å². The second-order valence-electron chi connectivity index (χ2n) is 3.63. The Hall–Kier alpha value is -1.75. The molecule has 0 saturated carbocycles. The average molecular weight is 277 g/mol. The van der Waals surface area contributed by atoms with E-state index in [1.54, 1.807) is 0 Å². The summed E-state index contributed by atoms with van der Waals surface area (Å²) in [5.41, 5.74) is 5.24. The average Bonchev–Trinajstić information content (AvgIpc) is 2.18. The third-order valence-corrected chi connectivity index (χ3v) is 3.08. The van der Waals surface area contributed by atoms with Crippen LogP contribution in [0.3, 0.4) is 0 Å². The Bertz CT molecular complexity index is 582. The van der Waals surface area contributed by atoms with Gasteiger partial charge in [-0.15, -0.1) is 0 Å². The zero-order valence-corrected chi connectivity index (χ0v) is 9.79. The summed E-state index contributed by atoms with van der Waals surface area (Å²) in [4.78, 5) is 8.58. The van der Waals surface area contributed by atoms with E-state index in [-0.39, 0.29) is 11.3 Å². The molecular weight excluding hydrogens is 266 g/mol. The van der Waals surface area contributed by atoms with Crippen LogP contribution in [-0.4, -0.2) is 29.5 Å². The lowest BCUT2D eigenvalue weighted by molar-refractivity contribution is -0.682. The van der Waals surface area contributed by atoms with Gasteiger partial charge in [0.1, 0.15) is 11.3 Å². The van der Waals surface area contributed by atoms with E-state index in [9.17, 15) is 18.5 Å². The normalized spacial score (nSPS) is 12.4. The maximum Gasteiger partial charge on any atom is 0.441 e. The Labute approximate surface area is 102 Å². The third kappa shape index (κ3) is 3.13. The molecule has 0 unspecified atom stereocenters. The molecule has 0 heterocycles. The van der Waals surface area contributed by atoms with E-state index in [0.29, 0.717) is 0 Å². The van der Waals surface area contributed by atoms with Crippen LogP contribution in [-0.2, 0) is 16.4 Å². The number of nitrogen functional groups attached to an aromatic ring is 1. The maximum absolute atomic E-state index is 11.1. The van der Waals surface area contributed by atoms with Crippen molar-refractivity contribution in [2.24, 2.45) is 5.14 Å². The van der Waals surface area contributed by atoms with Gasteiger partial charge in [0.15, 0.2) is 0 Å². The van der Waals surface area contributed by atoms with Gasteiger partial charge >= 0.3 is 5.91 Å². The lowest BCUT2D eigenvalue weighted by atomic mass is 10.1. The highest BCUT2D eigenvalue weighted by atomic mass is 32.2. The SMILES string of the molecule is Nc1ccc(CC(O)(O)[N+](=O)[O-])cc1S(N)(=O)=O. The van der Waals surface area contributed by atoms with Crippen molar-refractivity contribution in [1.29, 1.82) is 0 Å². The quantitative estimate of drug-likeness (QED) is 0.221. The number of nitrogens with two attached hydrogens (primary N) is 2. The van der Waals surface area contributed by atoms with Crippen molar-refractivity contribution in [2.75, 3.05) is 5.73 Å². The highest BCUT2D eigenvalue weighted by Crippen LogP contribution is 2.21. The summed E-state index contributed by atoms with van der Waals surface area (Å²) >= 11 is 0. The number of nitrogens with zero attached hydrogens (tertiary/aromatic N) is 1. The van der Waals surface area contributed by atoms with Gasteiger partial charge in [0.25, 0.3) is 0 Å². The molecule has 1 aromatic carbocycles. The molecule has 6 N–H and O–H groups in total. The van der Waals surface area contributed by atoms with Crippen molar-refractivity contribution in [3.8, 4) is 0 Å². The van der Waals surface area contributed by atoms with Gasteiger partial charge in [0.05, 0.1) is 10.6 Å². The molecule has 1 rings (SSSR count). The number of aliphatic hydroxyl groups is 2. The Morgan fingerprint density at radius 2 is 1.94 bits per heavy atom. The summed E-state index contributed by atoms with van der Waals surface area (Å²) in [6.45, 7) is 0. The molecular formula is C8H11N3O6S. The number of sulfonamides is 1. The third-order valence-electron chi connectivity index (χ3n) is 2.12. The summed E-state index contributed by atoms with van der Waals surface area (Å²) < 4.78 is 22.3. The molecule has 0 saturated heterocycles. The molecule has 18 heavy (non-hydrogen) atoms. The molecule has 0 aliphatic heterocycles. The van der Waals surface area contributed by atoms with Crippen molar-refractivity contribution >= 4 is 15.7 Å².